The van der Waals surface area contributed by atoms with Crippen molar-refractivity contribution in [3.63, 3.8) is 0 Å². The molecule has 4 N–H and O–H groups in total. The summed E-state index contributed by atoms with van der Waals surface area (Å²) in [7, 11) is 0. The van der Waals surface area contributed by atoms with Gasteiger partial charge in [0, 0.05) is 24.0 Å². The Kier molecular flexibility index (Phi) is 5.10. The highest BCUT2D eigenvalue weighted by Gasteiger charge is 2.19. The van der Waals surface area contributed by atoms with Crippen LogP contribution in [-0.4, -0.2) is 15.4 Å². The molecular formula is C23H22FN5O. The first kappa shape index (κ1) is 19.4. The third kappa shape index (κ3) is 3.69. The van der Waals surface area contributed by atoms with Gasteiger partial charge >= 0.3 is 6.03 Å². The van der Waals surface area contributed by atoms with Gasteiger partial charge in [0.05, 0.1) is 0 Å². The number of imidazole rings is 1. The zero-order valence-corrected chi connectivity index (χ0v) is 16.7. The lowest BCUT2D eigenvalue weighted by atomic mass is 10.0. The second kappa shape index (κ2) is 7.87. The van der Waals surface area contributed by atoms with E-state index in [1.54, 1.807) is 10.5 Å². The molecule has 0 bridgehead atoms. The van der Waals surface area contributed by atoms with E-state index in [1.165, 1.54) is 12.3 Å². The zero-order chi connectivity index (χ0) is 21.3. The van der Waals surface area contributed by atoms with E-state index >= 15 is 0 Å². The monoisotopic (exact) mass is 403 g/mol. The van der Waals surface area contributed by atoms with Crippen molar-refractivity contribution in [1.82, 2.24) is 14.7 Å². The van der Waals surface area contributed by atoms with Gasteiger partial charge in [0.15, 0.2) is 0 Å². The van der Waals surface area contributed by atoms with E-state index in [9.17, 15) is 9.18 Å². The molecule has 6 nitrogen and oxygen atoms in total. The maximum absolute atomic E-state index is 14.1. The van der Waals surface area contributed by atoms with Crippen LogP contribution in [0.5, 0.6) is 0 Å². The van der Waals surface area contributed by atoms with Crippen LogP contribution in [0.3, 0.4) is 0 Å². The Labute approximate surface area is 173 Å². The minimum absolute atomic E-state index is 0.260. The number of hydrogen-bond acceptors (Lipinski definition) is 3. The first-order valence-corrected chi connectivity index (χ1v) is 9.56. The number of urea groups is 1. The number of nitrogens with zero attached hydrogens (tertiary/aromatic N) is 2. The number of para-hydroxylation sites is 1. The normalized spacial score (nSPS) is 10.9. The SMILES string of the molecule is Cc1cccc(C)c1Nc1c(-c2ccccc2CNC(N)=O)nc2ccc(F)cn12. The highest BCUT2D eigenvalue weighted by atomic mass is 19.1. The zero-order valence-electron chi connectivity index (χ0n) is 16.7. The van der Waals surface area contributed by atoms with Gasteiger partial charge in [0.1, 0.15) is 23.0 Å². The Hall–Kier alpha value is -3.87. The smallest absolute Gasteiger partial charge is 0.312 e. The minimum Gasteiger partial charge on any atom is -0.352 e. The summed E-state index contributed by atoms with van der Waals surface area (Å²) in [4.78, 5) is 16.0. The summed E-state index contributed by atoms with van der Waals surface area (Å²) in [6.45, 7) is 4.30. The van der Waals surface area contributed by atoms with E-state index in [2.05, 4.69) is 10.6 Å². The van der Waals surface area contributed by atoms with Crippen molar-refractivity contribution in [3.8, 4) is 11.3 Å². The molecule has 2 aromatic heterocycles. The number of aryl methyl sites for hydroxylation is 2. The number of halogens is 1. The van der Waals surface area contributed by atoms with Gasteiger partial charge in [-0.05, 0) is 42.7 Å². The summed E-state index contributed by atoms with van der Waals surface area (Å²) in [6.07, 6.45) is 1.41. The lowest BCUT2D eigenvalue weighted by molar-refractivity contribution is 0.248. The Bertz CT molecular complexity index is 1230. The lowest BCUT2D eigenvalue weighted by Gasteiger charge is -2.15. The predicted molar refractivity (Wildman–Crippen MR) is 116 cm³/mol. The molecule has 2 amide bonds. The number of aromatic nitrogens is 2. The van der Waals surface area contributed by atoms with Crippen LogP contribution in [0.4, 0.5) is 20.7 Å². The molecule has 152 valence electrons. The van der Waals surface area contributed by atoms with Crippen LogP contribution in [0.2, 0.25) is 0 Å². The number of nitrogens with one attached hydrogen (secondary N) is 2. The van der Waals surface area contributed by atoms with Crippen molar-refractivity contribution in [1.29, 1.82) is 0 Å². The van der Waals surface area contributed by atoms with Gasteiger partial charge in [-0.15, -0.1) is 0 Å². The molecule has 0 saturated carbocycles. The second-order valence-corrected chi connectivity index (χ2v) is 7.15. The first-order valence-electron chi connectivity index (χ1n) is 9.56. The number of fused-ring (bicyclic) bond motifs is 1. The average Bonchev–Trinajstić information content (AvgIpc) is 3.07. The van der Waals surface area contributed by atoms with Crippen molar-refractivity contribution < 1.29 is 9.18 Å². The maximum atomic E-state index is 14.1. The fourth-order valence-corrected chi connectivity index (χ4v) is 3.54. The molecule has 0 atom stereocenters. The van der Waals surface area contributed by atoms with Crippen LogP contribution in [0.25, 0.3) is 16.9 Å². The van der Waals surface area contributed by atoms with E-state index in [-0.39, 0.29) is 12.4 Å². The quantitative estimate of drug-likeness (QED) is 0.453. The molecule has 2 heterocycles. The van der Waals surface area contributed by atoms with Crippen molar-refractivity contribution in [2.24, 2.45) is 5.73 Å². The molecule has 4 aromatic rings. The molecule has 0 fully saturated rings. The summed E-state index contributed by atoms with van der Waals surface area (Å²) in [5.41, 5.74) is 11.3. The van der Waals surface area contributed by atoms with Gasteiger partial charge in [-0.3, -0.25) is 4.40 Å². The number of anilines is 2. The molecule has 2 aromatic carbocycles. The summed E-state index contributed by atoms with van der Waals surface area (Å²) in [5.74, 6) is 0.285. The Morgan fingerprint density at radius 3 is 2.53 bits per heavy atom. The van der Waals surface area contributed by atoms with Crippen molar-refractivity contribution in [2.75, 3.05) is 5.32 Å². The molecule has 0 spiro atoms. The lowest BCUT2D eigenvalue weighted by Crippen LogP contribution is -2.28. The Balaban J connectivity index is 1.91. The molecule has 0 radical (unpaired) electrons. The average molecular weight is 403 g/mol. The van der Waals surface area contributed by atoms with Crippen LogP contribution >= 0.6 is 0 Å². The van der Waals surface area contributed by atoms with Gasteiger partial charge in [0.25, 0.3) is 0 Å². The topological polar surface area (TPSA) is 84.5 Å². The van der Waals surface area contributed by atoms with Crippen LogP contribution < -0.4 is 16.4 Å². The van der Waals surface area contributed by atoms with Gasteiger partial charge in [-0.1, -0.05) is 42.5 Å². The highest BCUT2D eigenvalue weighted by Crippen LogP contribution is 2.35. The van der Waals surface area contributed by atoms with E-state index in [0.29, 0.717) is 17.2 Å². The van der Waals surface area contributed by atoms with Crippen LogP contribution in [0.15, 0.2) is 60.8 Å². The molecule has 0 aliphatic heterocycles. The maximum Gasteiger partial charge on any atom is 0.312 e. The van der Waals surface area contributed by atoms with Gasteiger partial charge in [0.2, 0.25) is 0 Å². The van der Waals surface area contributed by atoms with E-state index in [0.717, 1.165) is 27.9 Å². The van der Waals surface area contributed by atoms with E-state index < -0.39 is 6.03 Å². The summed E-state index contributed by atoms with van der Waals surface area (Å²) in [5, 5.41) is 6.10. The summed E-state index contributed by atoms with van der Waals surface area (Å²) in [6, 6.07) is 16.1. The molecule has 0 aliphatic carbocycles. The van der Waals surface area contributed by atoms with Crippen molar-refractivity contribution >= 4 is 23.2 Å². The molecule has 30 heavy (non-hydrogen) atoms. The number of amides is 2. The van der Waals surface area contributed by atoms with Crippen molar-refractivity contribution in [3.05, 3.63) is 83.3 Å². The first-order chi connectivity index (χ1) is 14.4. The number of benzene rings is 2. The number of nitrogens with two attached hydrogens (primary N) is 1. The Morgan fingerprint density at radius 2 is 1.80 bits per heavy atom. The van der Waals surface area contributed by atoms with Crippen LogP contribution in [-0.2, 0) is 6.54 Å². The number of carbonyl (C=O) groups excluding carboxylic acids is 1. The van der Waals surface area contributed by atoms with Crippen molar-refractivity contribution in [2.45, 2.75) is 20.4 Å². The molecule has 0 aliphatic rings. The third-order valence-electron chi connectivity index (χ3n) is 5.03. The predicted octanol–water partition coefficient (Wildman–Crippen LogP) is 4.67. The molecule has 4 rings (SSSR count). The minimum atomic E-state index is -0.601. The second-order valence-electron chi connectivity index (χ2n) is 7.15. The molecular weight excluding hydrogens is 381 g/mol. The number of hydrogen-bond donors (Lipinski definition) is 3. The third-order valence-corrected chi connectivity index (χ3v) is 5.03. The molecule has 0 unspecified atom stereocenters. The number of carbonyl (C=O) groups is 1. The fourth-order valence-electron chi connectivity index (χ4n) is 3.54. The molecule has 0 saturated heterocycles. The number of primary amides is 1. The Morgan fingerprint density at radius 1 is 1.07 bits per heavy atom. The number of rotatable bonds is 5. The van der Waals surface area contributed by atoms with Crippen LogP contribution in [0.1, 0.15) is 16.7 Å². The standard InChI is InChI=1S/C23H22FN5O/c1-14-6-5-7-15(2)20(14)28-22-21(27-19-11-10-17(24)13-29(19)22)18-9-4-3-8-16(18)12-26-23(25)30/h3-11,13,28H,12H2,1-2H3,(H3,25,26,30). The van der Waals surface area contributed by atoms with E-state index in [4.69, 9.17) is 10.7 Å². The highest BCUT2D eigenvalue weighted by molar-refractivity contribution is 5.83. The summed E-state index contributed by atoms with van der Waals surface area (Å²) < 4.78 is 15.8. The largest absolute Gasteiger partial charge is 0.352 e. The van der Waals surface area contributed by atoms with Gasteiger partial charge in [-0.25, -0.2) is 14.2 Å². The van der Waals surface area contributed by atoms with Gasteiger partial charge in [-0.2, -0.15) is 0 Å². The summed E-state index contributed by atoms with van der Waals surface area (Å²) >= 11 is 0. The van der Waals surface area contributed by atoms with E-state index in [1.807, 2.05) is 56.3 Å². The molecule has 7 heteroatoms. The number of pyridine rings is 1. The van der Waals surface area contributed by atoms with Gasteiger partial charge < -0.3 is 16.4 Å². The van der Waals surface area contributed by atoms with Crippen LogP contribution in [0, 0.1) is 19.7 Å². The fraction of sp³-hybridized carbons (Fsp3) is 0.130.